The van der Waals surface area contributed by atoms with E-state index in [1.807, 2.05) is 13.0 Å². The number of nitriles is 1. The van der Waals surface area contributed by atoms with Gasteiger partial charge in [-0.2, -0.15) is 5.26 Å². The first-order chi connectivity index (χ1) is 6.19. The molecule has 0 N–H and O–H groups in total. The Labute approximate surface area is 77.8 Å². The molecule has 67 valence electrons. The van der Waals surface area contributed by atoms with E-state index in [0.29, 0.717) is 11.5 Å². The fourth-order valence-corrected chi connectivity index (χ4v) is 1.13. The largest absolute Gasteiger partial charge is 0.250 e. The molecule has 1 radical (unpaired) electrons. The molecule has 0 aliphatic carbocycles. The van der Waals surface area contributed by atoms with Crippen molar-refractivity contribution < 1.29 is 4.39 Å². The zero-order chi connectivity index (χ0) is 9.84. The van der Waals surface area contributed by atoms with Gasteiger partial charge < -0.3 is 0 Å². The van der Waals surface area contributed by atoms with Crippen molar-refractivity contribution in [2.45, 2.75) is 13.8 Å². The van der Waals surface area contributed by atoms with Crippen LogP contribution in [0.25, 0.3) is 0 Å². The molecule has 1 nitrogen and oxygen atoms in total. The number of rotatable bonds is 2. The predicted octanol–water partition coefficient (Wildman–Crippen LogP) is 2.78. The Kier molecular flexibility index (Phi) is 3.02. The van der Waals surface area contributed by atoms with Crippen molar-refractivity contribution in [2.24, 2.45) is 0 Å². The third-order valence-electron chi connectivity index (χ3n) is 2.04. The van der Waals surface area contributed by atoms with Crippen LogP contribution >= 0.6 is 0 Å². The van der Waals surface area contributed by atoms with Crippen molar-refractivity contribution in [1.82, 2.24) is 0 Å². The Balaban J connectivity index is 3.04. The zero-order valence-electron chi connectivity index (χ0n) is 7.76. The summed E-state index contributed by atoms with van der Waals surface area (Å²) >= 11 is 0. The maximum Gasteiger partial charge on any atom is 0.0997 e. The molecule has 0 saturated heterocycles. The standard InChI is InChI=1S/C11H11FN/c1-8-5-10(9(2)6-12)3-4-11(8)7-13/h3-5H,6H2,1-2H3. The van der Waals surface area contributed by atoms with Crippen molar-refractivity contribution >= 4 is 0 Å². The molecule has 0 aliphatic rings. The van der Waals surface area contributed by atoms with Crippen LogP contribution in [0.5, 0.6) is 0 Å². The molecule has 0 spiro atoms. The molecule has 0 heterocycles. The summed E-state index contributed by atoms with van der Waals surface area (Å²) in [7, 11) is 0. The molecule has 0 fully saturated rings. The molecule has 0 atom stereocenters. The molecule has 1 aromatic rings. The number of alkyl halides is 1. The first-order valence-corrected chi connectivity index (χ1v) is 4.08. The smallest absolute Gasteiger partial charge is 0.0997 e. The molecule has 13 heavy (non-hydrogen) atoms. The van der Waals surface area contributed by atoms with Gasteiger partial charge in [-0.05, 0) is 24.1 Å². The van der Waals surface area contributed by atoms with Crippen LogP contribution in [0.3, 0.4) is 0 Å². The minimum Gasteiger partial charge on any atom is -0.250 e. The number of hydrogen-bond acceptors (Lipinski definition) is 1. The van der Waals surface area contributed by atoms with Gasteiger partial charge >= 0.3 is 0 Å². The summed E-state index contributed by atoms with van der Waals surface area (Å²) in [4.78, 5) is 0. The van der Waals surface area contributed by atoms with Gasteiger partial charge in [-0.25, -0.2) is 0 Å². The first-order valence-electron chi connectivity index (χ1n) is 4.08. The SMILES string of the molecule is C[C](CF)c1ccc(C#N)c(C)c1. The first kappa shape index (κ1) is 9.73. The summed E-state index contributed by atoms with van der Waals surface area (Å²) < 4.78 is 12.3. The van der Waals surface area contributed by atoms with Gasteiger partial charge in [0.2, 0.25) is 0 Å². The monoisotopic (exact) mass is 176 g/mol. The summed E-state index contributed by atoms with van der Waals surface area (Å²) in [5.74, 6) is 0.701. The van der Waals surface area contributed by atoms with E-state index >= 15 is 0 Å². The summed E-state index contributed by atoms with van der Waals surface area (Å²) in [6.07, 6.45) is 0. The maximum atomic E-state index is 12.3. The molecule has 0 unspecified atom stereocenters. The Morgan fingerprint density at radius 1 is 1.54 bits per heavy atom. The number of benzene rings is 1. The molecule has 0 saturated carbocycles. The highest BCUT2D eigenvalue weighted by atomic mass is 19.1. The van der Waals surface area contributed by atoms with Crippen molar-refractivity contribution in [3.05, 3.63) is 40.8 Å². The Morgan fingerprint density at radius 2 is 2.23 bits per heavy atom. The molecular formula is C11H11FN. The fourth-order valence-electron chi connectivity index (χ4n) is 1.13. The number of hydrogen-bond donors (Lipinski definition) is 0. The zero-order valence-corrected chi connectivity index (χ0v) is 7.76. The number of halogens is 1. The van der Waals surface area contributed by atoms with Gasteiger partial charge in [0.1, 0.15) is 0 Å². The molecule has 0 aromatic heterocycles. The van der Waals surface area contributed by atoms with E-state index in [9.17, 15) is 4.39 Å². The van der Waals surface area contributed by atoms with Crippen LogP contribution in [0.15, 0.2) is 18.2 Å². The fraction of sp³-hybridized carbons (Fsp3) is 0.273. The third kappa shape index (κ3) is 2.06. The predicted molar refractivity (Wildman–Crippen MR) is 49.9 cm³/mol. The molecule has 1 rings (SSSR count). The van der Waals surface area contributed by atoms with Crippen molar-refractivity contribution in [3.8, 4) is 6.07 Å². The second-order valence-corrected chi connectivity index (χ2v) is 3.06. The van der Waals surface area contributed by atoms with Crippen molar-refractivity contribution in [3.63, 3.8) is 0 Å². The highest BCUT2D eigenvalue weighted by Crippen LogP contribution is 2.18. The normalized spacial score (nSPS) is 10.1. The van der Waals surface area contributed by atoms with Gasteiger partial charge in [-0.3, -0.25) is 4.39 Å². The van der Waals surface area contributed by atoms with Gasteiger partial charge in [-0.15, -0.1) is 0 Å². The second kappa shape index (κ2) is 4.04. The van der Waals surface area contributed by atoms with Crippen LogP contribution < -0.4 is 0 Å². The minimum atomic E-state index is -0.439. The van der Waals surface area contributed by atoms with Gasteiger partial charge in [0.25, 0.3) is 0 Å². The highest BCUT2D eigenvalue weighted by molar-refractivity contribution is 5.43. The van der Waals surface area contributed by atoms with Crippen LogP contribution in [0.2, 0.25) is 0 Å². The molecule has 1 aromatic carbocycles. The Bertz CT molecular complexity index is 338. The summed E-state index contributed by atoms with van der Waals surface area (Å²) in [6.45, 7) is 3.17. The topological polar surface area (TPSA) is 23.8 Å². The van der Waals surface area contributed by atoms with E-state index in [1.165, 1.54) is 0 Å². The molecule has 0 aliphatic heterocycles. The average Bonchev–Trinajstić information content (AvgIpc) is 2.16. The minimum absolute atomic E-state index is 0.439. The van der Waals surface area contributed by atoms with E-state index in [1.54, 1.807) is 19.1 Å². The summed E-state index contributed by atoms with van der Waals surface area (Å²) in [6, 6.07) is 7.42. The number of nitrogens with zero attached hydrogens (tertiary/aromatic N) is 1. The molecule has 2 heteroatoms. The Morgan fingerprint density at radius 3 is 2.69 bits per heavy atom. The molecular weight excluding hydrogens is 165 g/mol. The highest BCUT2D eigenvalue weighted by Gasteiger charge is 2.06. The van der Waals surface area contributed by atoms with Crippen LogP contribution in [-0.2, 0) is 0 Å². The average molecular weight is 176 g/mol. The lowest BCUT2D eigenvalue weighted by atomic mass is 9.98. The van der Waals surface area contributed by atoms with Gasteiger partial charge in [-0.1, -0.05) is 19.1 Å². The van der Waals surface area contributed by atoms with E-state index in [2.05, 4.69) is 6.07 Å². The summed E-state index contributed by atoms with van der Waals surface area (Å²) in [5, 5.41) is 8.67. The van der Waals surface area contributed by atoms with Crippen molar-refractivity contribution in [2.75, 3.05) is 6.67 Å². The third-order valence-corrected chi connectivity index (χ3v) is 2.04. The lowest BCUT2D eigenvalue weighted by Crippen LogP contribution is -1.97. The quantitative estimate of drug-likeness (QED) is 0.679. The lowest BCUT2D eigenvalue weighted by molar-refractivity contribution is 0.516. The van der Waals surface area contributed by atoms with E-state index in [-0.39, 0.29) is 0 Å². The summed E-state index contributed by atoms with van der Waals surface area (Å²) in [5.41, 5.74) is 2.42. The second-order valence-electron chi connectivity index (χ2n) is 3.06. The van der Waals surface area contributed by atoms with Crippen LogP contribution in [-0.4, -0.2) is 6.67 Å². The van der Waals surface area contributed by atoms with Crippen molar-refractivity contribution in [1.29, 1.82) is 5.26 Å². The number of aryl methyl sites for hydroxylation is 1. The van der Waals surface area contributed by atoms with Crippen LogP contribution in [0, 0.1) is 24.2 Å². The van der Waals surface area contributed by atoms with Gasteiger partial charge in [0, 0.05) is 5.92 Å². The lowest BCUT2D eigenvalue weighted by Gasteiger charge is -2.07. The molecule has 0 amide bonds. The van der Waals surface area contributed by atoms with Gasteiger partial charge in [0.05, 0.1) is 18.3 Å². The Hall–Kier alpha value is -1.36. The van der Waals surface area contributed by atoms with Gasteiger partial charge in [0.15, 0.2) is 0 Å². The van der Waals surface area contributed by atoms with Crippen LogP contribution in [0.4, 0.5) is 4.39 Å². The van der Waals surface area contributed by atoms with E-state index < -0.39 is 6.67 Å². The van der Waals surface area contributed by atoms with E-state index in [0.717, 1.165) is 11.1 Å². The maximum absolute atomic E-state index is 12.3. The van der Waals surface area contributed by atoms with E-state index in [4.69, 9.17) is 5.26 Å². The molecule has 0 bridgehead atoms. The van der Waals surface area contributed by atoms with Crippen LogP contribution in [0.1, 0.15) is 23.6 Å².